The van der Waals surface area contributed by atoms with E-state index in [9.17, 15) is 8.42 Å². The van der Waals surface area contributed by atoms with Gasteiger partial charge in [0.2, 0.25) is 10.0 Å². The predicted octanol–water partition coefficient (Wildman–Crippen LogP) is 3.65. The zero-order valence-electron chi connectivity index (χ0n) is 12.7. The Bertz CT molecular complexity index is 956. The number of aromatic nitrogens is 2. The second-order valence-electron chi connectivity index (χ2n) is 5.10. The van der Waals surface area contributed by atoms with Crippen LogP contribution in [0, 0.1) is 6.92 Å². The van der Waals surface area contributed by atoms with Gasteiger partial charge in [-0.25, -0.2) is 18.1 Å². The number of pyridine rings is 1. The number of halogens is 1. The molecule has 1 N–H and O–H groups in total. The molecule has 124 valence electrons. The summed E-state index contributed by atoms with van der Waals surface area (Å²) in [7, 11) is -3.63. The van der Waals surface area contributed by atoms with E-state index in [0.717, 1.165) is 16.8 Å². The summed E-state index contributed by atoms with van der Waals surface area (Å²) in [4.78, 5) is 8.56. The number of hydrogen-bond donors (Lipinski definition) is 1. The average Bonchev–Trinajstić information content (AvgIpc) is 3.05. The minimum Gasteiger partial charge on any atom is -0.265 e. The van der Waals surface area contributed by atoms with Gasteiger partial charge < -0.3 is 0 Å². The quantitative estimate of drug-likeness (QED) is 0.734. The maximum atomic E-state index is 12.3. The Balaban J connectivity index is 1.73. The highest BCUT2D eigenvalue weighted by Gasteiger charge is 2.16. The van der Waals surface area contributed by atoms with Crippen LogP contribution in [0.25, 0.3) is 11.3 Å². The topological polar surface area (TPSA) is 72.0 Å². The van der Waals surface area contributed by atoms with Gasteiger partial charge in [0.05, 0.1) is 17.1 Å². The number of rotatable bonds is 5. The molecule has 3 rings (SSSR count). The Kier molecular flexibility index (Phi) is 4.96. The van der Waals surface area contributed by atoms with Crippen molar-refractivity contribution in [3.05, 3.63) is 63.7 Å². The third kappa shape index (κ3) is 3.81. The van der Waals surface area contributed by atoms with E-state index in [1.807, 2.05) is 24.4 Å². The molecule has 2 aromatic heterocycles. The van der Waals surface area contributed by atoms with E-state index in [0.29, 0.717) is 10.0 Å². The number of nitrogens with one attached hydrogen (secondary N) is 1. The minimum atomic E-state index is -3.63. The molecule has 0 amide bonds. The molecule has 0 saturated heterocycles. The molecule has 0 bridgehead atoms. The van der Waals surface area contributed by atoms with Crippen LogP contribution in [0.1, 0.15) is 10.6 Å². The van der Waals surface area contributed by atoms with Crippen molar-refractivity contribution in [2.24, 2.45) is 0 Å². The van der Waals surface area contributed by atoms with E-state index >= 15 is 0 Å². The van der Waals surface area contributed by atoms with Gasteiger partial charge in [0.15, 0.2) is 0 Å². The molecule has 0 atom stereocenters. The maximum Gasteiger partial charge on any atom is 0.241 e. The summed E-state index contributed by atoms with van der Waals surface area (Å²) in [5.41, 5.74) is 2.58. The summed E-state index contributed by atoms with van der Waals surface area (Å²) < 4.78 is 27.2. The Morgan fingerprint density at radius 3 is 2.67 bits per heavy atom. The van der Waals surface area contributed by atoms with Crippen molar-refractivity contribution in [2.45, 2.75) is 18.4 Å². The summed E-state index contributed by atoms with van der Waals surface area (Å²) >= 11 is 7.40. The molecule has 0 saturated carbocycles. The smallest absolute Gasteiger partial charge is 0.241 e. The van der Waals surface area contributed by atoms with Gasteiger partial charge in [0, 0.05) is 28.4 Å². The Morgan fingerprint density at radius 1 is 1.21 bits per heavy atom. The second kappa shape index (κ2) is 6.98. The van der Waals surface area contributed by atoms with Crippen molar-refractivity contribution < 1.29 is 8.42 Å². The summed E-state index contributed by atoms with van der Waals surface area (Å²) in [5.74, 6) is 0. The van der Waals surface area contributed by atoms with Crippen molar-refractivity contribution in [1.29, 1.82) is 0 Å². The van der Waals surface area contributed by atoms with Crippen LogP contribution in [0.3, 0.4) is 0 Å². The fraction of sp³-hybridized carbons (Fsp3) is 0.125. The van der Waals surface area contributed by atoms with E-state index in [2.05, 4.69) is 14.7 Å². The van der Waals surface area contributed by atoms with Crippen LogP contribution in [-0.4, -0.2) is 18.4 Å². The van der Waals surface area contributed by atoms with Crippen LogP contribution >= 0.6 is 22.9 Å². The first-order valence-corrected chi connectivity index (χ1v) is 9.80. The first-order valence-electron chi connectivity index (χ1n) is 7.06. The van der Waals surface area contributed by atoms with Gasteiger partial charge >= 0.3 is 0 Å². The molecule has 0 aliphatic carbocycles. The number of hydrogen-bond acceptors (Lipinski definition) is 5. The van der Waals surface area contributed by atoms with E-state index in [1.54, 1.807) is 18.5 Å². The fourth-order valence-electron chi connectivity index (χ4n) is 2.03. The Labute approximate surface area is 149 Å². The first kappa shape index (κ1) is 17.0. The van der Waals surface area contributed by atoms with Crippen LogP contribution in [-0.2, 0) is 16.6 Å². The predicted molar refractivity (Wildman–Crippen MR) is 95.6 cm³/mol. The van der Waals surface area contributed by atoms with Crippen molar-refractivity contribution in [2.75, 3.05) is 0 Å². The Hall–Kier alpha value is -1.80. The number of sulfonamides is 1. The summed E-state index contributed by atoms with van der Waals surface area (Å²) in [6, 6.07) is 8.38. The average molecular weight is 380 g/mol. The number of thiazole rings is 1. The van der Waals surface area contributed by atoms with Gasteiger partial charge in [-0.3, -0.25) is 4.98 Å². The van der Waals surface area contributed by atoms with Gasteiger partial charge in [-0.1, -0.05) is 17.7 Å². The lowest BCUT2D eigenvalue weighted by molar-refractivity contribution is 0.581. The molecule has 8 heteroatoms. The minimum absolute atomic E-state index is 0.129. The molecule has 24 heavy (non-hydrogen) atoms. The number of benzene rings is 1. The molecular weight excluding hydrogens is 366 g/mol. The van der Waals surface area contributed by atoms with Gasteiger partial charge in [-0.2, -0.15) is 0 Å². The zero-order valence-corrected chi connectivity index (χ0v) is 15.1. The summed E-state index contributed by atoms with van der Waals surface area (Å²) in [6.45, 7) is 1.95. The lowest BCUT2D eigenvalue weighted by Gasteiger charge is -2.06. The number of nitrogens with zero attached hydrogens (tertiary/aromatic N) is 2. The lowest BCUT2D eigenvalue weighted by Crippen LogP contribution is -2.23. The van der Waals surface area contributed by atoms with Gasteiger partial charge in [-0.15, -0.1) is 11.3 Å². The van der Waals surface area contributed by atoms with Crippen molar-refractivity contribution in [3.63, 3.8) is 0 Å². The van der Waals surface area contributed by atoms with Crippen molar-refractivity contribution >= 4 is 33.0 Å². The summed E-state index contributed by atoms with van der Waals surface area (Å²) in [6.07, 6.45) is 3.39. The van der Waals surface area contributed by atoms with E-state index in [1.165, 1.54) is 23.5 Å². The van der Waals surface area contributed by atoms with Gasteiger partial charge in [-0.05, 0) is 36.8 Å². The molecule has 0 aliphatic heterocycles. The largest absolute Gasteiger partial charge is 0.265 e. The highest BCUT2D eigenvalue weighted by atomic mass is 35.5. The molecule has 1 aromatic carbocycles. The molecular formula is C16H14ClN3O2S2. The third-order valence-corrected chi connectivity index (χ3v) is 6.05. The standard InChI is InChI=1S/C16H14ClN3O2S2/c1-11-2-3-13(8-14(11)17)24(21,22)19-9-16-20-15(10-23-16)12-4-6-18-7-5-12/h2-8,10,19H,9H2,1H3. The normalized spacial score (nSPS) is 11.6. The van der Waals surface area contributed by atoms with Gasteiger partial charge in [0.1, 0.15) is 5.01 Å². The first-order chi connectivity index (χ1) is 11.5. The van der Waals surface area contributed by atoms with Crippen LogP contribution in [0.4, 0.5) is 0 Å². The molecule has 0 fully saturated rings. The number of aryl methyl sites for hydroxylation is 1. The van der Waals surface area contributed by atoms with Crippen LogP contribution < -0.4 is 4.72 Å². The second-order valence-corrected chi connectivity index (χ2v) is 8.21. The zero-order chi connectivity index (χ0) is 17.2. The fourth-order valence-corrected chi connectivity index (χ4v) is 4.12. The molecule has 3 aromatic rings. The SMILES string of the molecule is Cc1ccc(S(=O)(=O)NCc2nc(-c3ccncc3)cs2)cc1Cl. The molecule has 5 nitrogen and oxygen atoms in total. The van der Waals surface area contributed by atoms with Crippen LogP contribution in [0.15, 0.2) is 53.0 Å². The lowest BCUT2D eigenvalue weighted by atomic mass is 10.2. The monoisotopic (exact) mass is 379 g/mol. The molecule has 2 heterocycles. The van der Waals surface area contributed by atoms with E-state index < -0.39 is 10.0 Å². The maximum absolute atomic E-state index is 12.3. The molecule has 0 aliphatic rings. The highest BCUT2D eigenvalue weighted by molar-refractivity contribution is 7.89. The van der Waals surface area contributed by atoms with E-state index in [-0.39, 0.29) is 11.4 Å². The highest BCUT2D eigenvalue weighted by Crippen LogP contribution is 2.22. The Morgan fingerprint density at radius 2 is 1.96 bits per heavy atom. The van der Waals surface area contributed by atoms with Crippen molar-refractivity contribution in [1.82, 2.24) is 14.7 Å². The third-order valence-electron chi connectivity index (χ3n) is 3.39. The van der Waals surface area contributed by atoms with Gasteiger partial charge in [0.25, 0.3) is 0 Å². The van der Waals surface area contributed by atoms with E-state index in [4.69, 9.17) is 11.6 Å². The summed E-state index contributed by atoms with van der Waals surface area (Å²) in [5, 5.41) is 3.00. The van der Waals surface area contributed by atoms with Crippen LogP contribution in [0.2, 0.25) is 5.02 Å². The van der Waals surface area contributed by atoms with Crippen molar-refractivity contribution in [3.8, 4) is 11.3 Å². The van der Waals surface area contributed by atoms with Crippen LogP contribution in [0.5, 0.6) is 0 Å². The molecule has 0 unspecified atom stereocenters. The molecule has 0 spiro atoms. The molecule has 0 radical (unpaired) electrons.